The van der Waals surface area contributed by atoms with Crippen molar-refractivity contribution in [1.82, 2.24) is 0 Å². The lowest BCUT2D eigenvalue weighted by Crippen LogP contribution is -2.13. The number of nitro groups is 1. The van der Waals surface area contributed by atoms with Crippen molar-refractivity contribution in [1.29, 1.82) is 0 Å². The van der Waals surface area contributed by atoms with Gasteiger partial charge in [-0.1, -0.05) is 0 Å². The van der Waals surface area contributed by atoms with E-state index in [0.29, 0.717) is 0 Å². The van der Waals surface area contributed by atoms with Gasteiger partial charge in [0.1, 0.15) is 0 Å². The lowest BCUT2D eigenvalue weighted by molar-refractivity contribution is -0.384. The van der Waals surface area contributed by atoms with Crippen LogP contribution < -0.4 is 5.73 Å². The number of benzene rings is 1. The lowest BCUT2D eigenvalue weighted by Gasteiger charge is -2.05. The van der Waals surface area contributed by atoms with Crippen molar-refractivity contribution < 1.29 is 9.72 Å². The maximum atomic E-state index is 11.5. The highest BCUT2D eigenvalue weighted by atomic mass is 35.5. The average Bonchev–Trinajstić information content (AvgIpc) is 2.16. The summed E-state index contributed by atoms with van der Waals surface area (Å²) in [6.07, 6.45) is 0. The number of carbonyl (C=O) groups excluding carboxylic acids is 1. The van der Waals surface area contributed by atoms with Crippen LogP contribution in [0.4, 0.5) is 11.4 Å². The molecule has 0 aromatic heterocycles. The molecule has 0 saturated heterocycles. The van der Waals surface area contributed by atoms with Crippen molar-refractivity contribution >= 4 is 28.8 Å². The second kappa shape index (κ2) is 4.27. The maximum Gasteiger partial charge on any atom is 0.270 e. The van der Waals surface area contributed by atoms with Gasteiger partial charge in [0.15, 0.2) is 5.78 Å². The Balaban J connectivity index is 3.22. The lowest BCUT2D eigenvalue weighted by atomic mass is 10.1. The number of nitrogen functional groups attached to an aromatic ring is 1. The van der Waals surface area contributed by atoms with E-state index >= 15 is 0 Å². The summed E-state index contributed by atoms with van der Waals surface area (Å²) < 4.78 is 0. The number of alkyl halides is 1. The molecule has 1 rings (SSSR count). The van der Waals surface area contributed by atoms with Crippen molar-refractivity contribution in [2.45, 2.75) is 12.3 Å². The Morgan fingerprint density at radius 3 is 2.67 bits per heavy atom. The molecule has 0 bridgehead atoms. The molecule has 0 aliphatic heterocycles. The quantitative estimate of drug-likeness (QED) is 0.282. The number of nitrogens with zero attached hydrogens (tertiary/aromatic N) is 1. The van der Waals surface area contributed by atoms with Gasteiger partial charge in [-0.05, 0) is 13.0 Å². The maximum absolute atomic E-state index is 11.5. The van der Waals surface area contributed by atoms with Gasteiger partial charge in [-0.25, -0.2) is 0 Å². The Kier molecular flexibility index (Phi) is 3.26. The fraction of sp³-hybridized carbons (Fsp3) is 0.222. The Labute approximate surface area is 91.0 Å². The highest BCUT2D eigenvalue weighted by Crippen LogP contribution is 2.22. The fourth-order valence-corrected chi connectivity index (χ4v) is 1.20. The number of halogens is 1. The molecule has 0 amide bonds. The van der Waals surface area contributed by atoms with E-state index in [1.54, 1.807) is 0 Å². The minimum Gasteiger partial charge on any atom is -0.398 e. The summed E-state index contributed by atoms with van der Waals surface area (Å²) in [5.74, 6) is -0.419. The van der Waals surface area contributed by atoms with Gasteiger partial charge in [-0.2, -0.15) is 0 Å². The minimum absolute atomic E-state index is 0.0895. The van der Waals surface area contributed by atoms with E-state index in [4.69, 9.17) is 17.3 Å². The molecule has 6 heteroatoms. The number of non-ortho nitro benzene ring substituents is 1. The molecule has 1 unspecified atom stereocenters. The monoisotopic (exact) mass is 228 g/mol. The van der Waals surface area contributed by atoms with Crippen molar-refractivity contribution in [3.8, 4) is 0 Å². The van der Waals surface area contributed by atoms with E-state index in [-0.39, 0.29) is 16.9 Å². The fourth-order valence-electron chi connectivity index (χ4n) is 1.09. The molecule has 15 heavy (non-hydrogen) atoms. The summed E-state index contributed by atoms with van der Waals surface area (Å²) in [7, 11) is 0. The number of ketones is 1. The molecule has 0 aliphatic rings. The zero-order chi connectivity index (χ0) is 11.6. The minimum atomic E-state index is -0.755. The van der Waals surface area contributed by atoms with Crippen LogP contribution in [0.5, 0.6) is 0 Å². The summed E-state index contributed by atoms with van der Waals surface area (Å²) >= 11 is 5.59. The first kappa shape index (κ1) is 11.5. The second-order valence-electron chi connectivity index (χ2n) is 3.01. The molecule has 0 aliphatic carbocycles. The number of nitro benzene ring substituents is 1. The van der Waals surface area contributed by atoms with Gasteiger partial charge in [0.05, 0.1) is 10.3 Å². The normalized spacial score (nSPS) is 12.1. The smallest absolute Gasteiger partial charge is 0.270 e. The van der Waals surface area contributed by atoms with Gasteiger partial charge in [0.2, 0.25) is 0 Å². The van der Waals surface area contributed by atoms with Gasteiger partial charge in [-0.3, -0.25) is 14.9 Å². The third-order valence-corrected chi connectivity index (χ3v) is 2.07. The molecule has 0 spiro atoms. The molecular formula is C9H9ClN2O3. The highest BCUT2D eigenvalue weighted by molar-refractivity contribution is 6.34. The van der Waals surface area contributed by atoms with Crippen LogP contribution >= 0.6 is 11.6 Å². The van der Waals surface area contributed by atoms with Crippen molar-refractivity contribution in [3.05, 3.63) is 33.9 Å². The van der Waals surface area contributed by atoms with Crippen molar-refractivity contribution in [2.24, 2.45) is 0 Å². The summed E-state index contributed by atoms with van der Waals surface area (Å²) in [6.45, 7) is 1.49. The van der Waals surface area contributed by atoms with Gasteiger partial charge < -0.3 is 5.73 Å². The zero-order valence-electron chi connectivity index (χ0n) is 7.94. The predicted molar refractivity (Wildman–Crippen MR) is 57.2 cm³/mol. The van der Waals surface area contributed by atoms with Gasteiger partial charge in [0.25, 0.3) is 5.69 Å². The Morgan fingerprint density at radius 1 is 1.60 bits per heavy atom. The third kappa shape index (κ3) is 2.44. The Hall–Kier alpha value is -1.62. The van der Waals surface area contributed by atoms with Gasteiger partial charge in [-0.15, -0.1) is 11.6 Å². The first-order valence-electron chi connectivity index (χ1n) is 4.15. The van der Waals surface area contributed by atoms with Crippen LogP contribution in [0.15, 0.2) is 18.2 Å². The Morgan fingerprint density at radius 2 is 2.20 bits per heavy atom. The summed E-state index contributed by atoms with van der Waals surface area (Å²) in [6, 6.07) is 3.70. The van der Waals surface area contributed by atoms with Crippen LogP contribution in [-0.2, 0) is 0 Å². The standard InChI is InChI=1S/C9H9ClN2O3/c1-5(10)9(13)7-4-6(12(14)15)2-3-8(7)11/h2-5H,11H2,1H3. The van der Waals surface area contributed by atoms with E-state index in [1.807, 2.05) is 0 Å². The van der Waals surface area contributed by atoms with E-state index < -0.39 is 16.1 Å². The molecule has 0 saturated carbocycles. The molecule has 0 fully saturated rings. The average molecular weight is 229 g/mol. The number of Topliss-reactive ketones (excluding diaryl/α,β-unsaturated/α-hetero) is 1. The highest BCUT2D eigenvalue weighted by Gasteiger charge is 2.18. The van der Waals surface area contributed by atoms with E-state index in [1.165, 1.54) is 19.1 Å². The first-order valence-corrected chi connectivity index (χ1v) is 4.59. The molecule has 0 heterocycles. The molecule has 1 atom stereocenters. The van der Waals surface area contributed by atoms with E-state index in [9.17, 15) is 14.9 Å². The van der Waals surface area contributed by atoms with Crippen LogP contribution in [0.25, 0.3) is 0 Å². The summed E-state index contributed by atoms with van der Waals surface area (Å²) in [4.78, 5) is 21.4. The topological polar surface area (TPSA) is 86.2 Å². The molecule has 1 aromatic rings. The number of rotatable bonds is 3. The first-order chi connectivity index (χ1) is 6.93. The summed E-state index contributed by atoms with van der Waals surface area (Å²) in [5, 5.41) is 9.72. The molecule has 2 N–H and O–H groups in total. The van der Waals surface area contributed by atoms with Crippen LogP contribution in [-0.4, -0.2) is 16.1 Å². The number of hydrogen-bond donors (Lipinski definition) is 1. The SMILES string of the molecule is CC(Cl)C(=O)c1cc([N+](=O)[O-])ccc1N. The van der Waals surface area contributed by atoms with E-state index in [2.05, 4.69) is 0 Å². The van der Waals surface area contributed by atoms with Crippen LogP contribution in [0.2, 0.25) is 0 Å². The van der Waals surface area contributed by atoms with Crippen molar-refractivity contribution in [3.63, 3.8) is 0 Å². The largest absolute Gasteiger partial charge is 0.398 e. The molecule has 80 valence electrons. The predicted octanol–water partition coefficient (Wildman–Crippen LogP) is 1.99. The molecular weight excluding hydrogens is 220 g/mol. The van der Waals surface area contributed by atoms with E-state index in [0.717, 1.165) is 6.07 Å². The van der Waals surface area contributed by atoms with Crippen LogP contribution in [0.1, 0.15) is 17.3 Å². The van der Waals surface area contributed by atoms with Crippen LogP contribution in [0.3, 0.4) is 0 Å². The molecule has 1 aromatic carbocycles. The molecule has 0 radical (unpaired) electrons. The zero-order valence-corrected chi connectivity index (χ0v) is 8.69. The number of nitrogens with two attached hydrogens (primary N) is 1. The van der Waals surface area contributed by atoms with Crippen LogP contribution in [0, 0.1) is 10.1 Å². The Bertz CT molecular complexity index is 418. The number of carbonyl (C=O) groups is 1. The van der Waals surface area contributed by atoms with Gasteiger partial charge in [0, 0.05) is 23.4 Å². The van der Waals surface area contributed by atoms with Crippen molar-refractivity contribution in [2.75, 3.05) is 5.73 Å². The summed E-state index contributed by atoms with van der Waals surface area (Å²) in [5.41, 5.74) is 5.63. The number of hydrogen-bond acceptors (Lipinski definition) is 4. The molecule has 5 nitrogen and oxygen atoms in total. The second-order valence-corrected chi connectivity index (χ2v) is 3.66. The third-order valence-electron chi connectivity index (χ3n) is 1.87. The number of anilines is 1. The van der Waals surface area contributed by atoms with Gasteiger partial charge >= 0.3 is 0 Å².